The van der Waals surface area contributed by atoms with Crippen molar-refractivity contribution in [2.45, 2.75) is 30.7 Å². The molecular formula is C28H31N5O5. The van der Waals surface area contributed by atoms with Crippen molar-refractivity contribution in [3.05, 3.63) is 65.9 Å². The number of nitrogens with zero attached hydrogens (tertiary/aromatic N) is 1. The van der Waals surface area contributed by atoms with Gasteiger partial charge in [-0.3, -0.25) is 19.2 Å². The van der Waals surface area contributed by atoms with Gasteiger partial charge in [-0.1, -0.05) is 36.4 Å². The molecule has 0 radical (unpaired) electrons. The maximum Gasteiger partial charge on any atom is 0.271 e. The molecule has 2 aliphatic heterocycles. The second-order valence-electron chi connectivity index (χ2n) is 9.97. The van der Waals surface area contributed by atoms with Gasteiger partial charge in [-0.25, -0.2) is 0 Å². The van der Waals surface area contributed by atoms with Gasteiger partial charge in [0.2, 0.25) is 17.7 Å². The van der Waals surface area contributed by atoms with Gasteiger partial charge in [0.25, 0.3) is 5.91 Å². The van der Waals surface area contributed by atoms with E-state index in [1.807, 2.05) is 36.4 Å². The van der Waals surface area contributed by atoms with Crippen LogP contribution in [0, 0.1) is 11.8 Å². The molecule has 3 aromatic rings. The Morgan fingerprint density at radius 3 is 2.50 bits per heavy atom. The SMILES string of the molecule is COc1cccc2[nH]c(C(=O)N3CCC(c4ccccc4)C3(C(N)=O)[C@H](C[C@H]3CCNC3=O)C(N)=O)cc12. The largest absolute Gasteiger partial charge is 0.496 e. The molecule has 6 N–H and O–H groups in total. The van der Waals surface area contributed by atoms with Gasteiger partial charge in [-0.05, 0) is 43.0 Å². The minimum absolute atomic E-state index is 0.0117. The molecule has 4 amide bonds. The molecule has 10 nitrogen and oxygen atoms in total. The number of likely N-dealkylation sites (tertiary alicyclic amines) is 1. The number of carbonyl (C=O) groups is 4. The number of ether oxygens (including phenoxy) is 1. The Morgan fingerprint density at radius 1 is 1.11 bits per heavy atom. The molecule has 10 heteroatoms. The molecule has 1 aromatic heterocycles. The third kappa shape index (κ3) is 3.96. The summed E-state index contributed by atoms with van der Waals surface area (Å²) in [6.45, 7) is 0.648. The molecule has 0 spiro atoms. The van der Waals surface area contributed by atoms with E-state index in [0.29, 0.717) is 36.0 Å². The van der Waals surface area contributed by atoms with E-state index in [1.165, 1.54) is 4.90 Å². The van der Waals surface area contributed by atoms with E-state index in [-0.39, 0.29) is 24.6 Å². The summed E-state index contributed by atoms with van der Waals surface area (Å²) in [5.41, 5.74) is 12.0. The van der Waals surface area contributed by atoms with Crippen molar-refractivity contribution in [2.24, 2.45) is 23.3 Å². The average Bonchev–Trinajstić information content (AvgIpc) is 3.63. The molecule has 0 saturated carbocycles. The molecule has 5 rings (SSSR count). The Hall–Kier alpha value is -4.34. The third-order valence-electron chi connectivity index (χ3n) is 8.09. The van der Waals surface area contributed by atoms with Gasteiger partial charge in [0.15, 0.2) is 0 Å². The second kappa shape index (κ2) is 9.85. The molecule has 2 fully saturated rings. The molecule has 2 aromatic carbocycles. The van der Waals surface area contributed by atoms with E-state index in [9.17, 15) is 19.2 Å². The highest BCUT2D eigenvalue weighted by molar-refractivity contribution is 6.04. The third-order valence-corrected chi connectivity index (χ3v) is 8.09. The van der Waals surface area contributed by atoms with Gasteiger partial charge < -0.3 is 31.4 Å². The Labute approximate surface area is 219 Å². The Balaban J connectivity index is 1.66. The number of hydrogen-bond donors (Lipinski definition) is 4. The number of aromatic amines is 1. The zero-order valence-corrected chi connectivity index (χ0v) is 21.1. The molecule has 0 bridgehead atoms. The molecule has 38 heavy (non-hydrogen) atoms. The number of benzene rings is 2. The highest BCUT2D eigenvalue weighted by Crippen LogP contribution is 2.49. The van der Waals surface area contributed by atoms with Gasteiger partial charge in [0, 0.05) is 35.8 Å². The smallest absolute Gasteiger partial charge is 0.271 e. The van der Waals surface area contributed by atoms with Gasteiger partial charge in [-0.2, -0.15) is 0 Å². The molecule has 198 valence electrons. The van der Waals surface area contributed by atoms with Crippen molar-refractivity contribution >= 4 is 34.5 Å². The zero-order chi connectivity index (χ0) is 27.0. The van der Waals surface area contributed by atoms with Gasteiger partial charge in [-0.15, -0.1) is 0 Å². The van der Waals surface area contributed by atoms with Crippen LogP contribution >= 0.6 is 0 Å². The number of primary amides is 2. The predicted octanol–water partition coefficient (Wildman–Crippen LogP) is 1.66. The summed E-state index contributed by atoms with van der Waals surface area (Å²) < 4.78 is 5.44. The van der Waals surface area contributed by atoms with Gasteiger partial charge in [0.1, 0.15) is 17.0 Å². The predicted molar refractivity (Wildman–Crippen MR) is 140 cm³/mol. The zero-order valence-electron chi connectivity index (χ0n) is 21.1. The summed E-state index contributed by atoms with van der Waals surface area (Å²) >= 11 is 0. The van der Waals surface area contributed by atoms with Crippen LogP contribution in [-0.2, 0) is 14.4 Å². The van der Waals surface area contributed by atoms with E-state index >= 15 is 0 Å². The number of rotatable bonds is 8. The van der Waals surface area contributed by atoms with Crippen molar-refractivity contribution in [1.29, 1.82) is 0 Å². The second-order valence-corrected chi connectivity index (χ2v) is 9.97. The summed E-state index contributed by atoms with van der Waals surface area (Å²) in [4.78, 5) is 57.9. The van der Waals surface area contributed by atoms with Crippen LogP contribution in [0.5, 0.6) is 5.75 Å². The standard InChI is InChI=1S/C28H31N5O5/c1-38-23-9-5-8-21-18(23)15-22(32-21)26(36)33-13-11-19(16-6-3-2-4-7-16)28(33,27(30)37)20(24(29)34)14-17-10-12-31-25(17)35/h2-9,15,17,19-20,32H,10-14H2,1H3,(H2,29,34)(H2,30,37)(H,31,35)/t17-,19?,20-,28?/m1/s1. The number of carbonyl (C=O) groups excluding carboxylic acids is 4. The number of nitrogens with one attached hydrogen (secondary N) is 2. The van der Waals surface area contributed by atoms with E-state index in [0.717, 1.165) is 5.56 Å². The monoisotopic (exact) mass is 517 g/mol. The maximum atomic E-state index is 14.2. The van der Waals surface area contributed by atoms with Crippen molar-refractivity contribution in [3.8, 4) is 5.75 Å². The van der Waals surface area contributed by atoms with E-state index in [4.69, 9.17) is 16.2 Å². The first-order chi connectivity index (χ1) is 18.3. The Kier molecular flexibility index (Phi) is 6.56. The lowest BCUT2D eigenvalue weighted by atomic mass is 9.67. The maximum absolute atomic E-state index is 14.2. The normalized spacial score (nSPS) is 23.8. The van der Waals surface area contributed by atoms with Crippen molar-refractivity contribution in [2.75, 3.05) is 20.2 Å². The van der Waals surface area contributed by atoms with Crippen LogP contribution in [-0.4, -0.2) is 59.3 Å². The number of nitrogens with two attached hydrogens (primary N) is 2. The van der Waals surface area contributed by atoms with Crippen LogP contribution in [0.2, 0.25) is 0 Å². The van der Waals surface area contributed by atoms with Crippen molar-refractivity contribution in [3.63, 3.8) is 0 Å². The minimum atomic E-state index is -1.77. The summed E-state index contributed by atoms with van der Waals surface area (Å²) in [5, 5.41) is 3.47. The van der Waals surface area contributed by atoms with Crippen molar-refractivity contribution in [1.82, 2.24) is 15.2 Å². The first-order valence-corrected chi connectivity index (χ1v) is 12.7. The number of H-pyrrole nitrogens is 1. The molecule has 3 heterocycles. The van der Waals surface area contributed by atoms with Gasteiger partial charge >= 0.3 is 0 Å². The van der Waals surface area contributed by atoms with Gasteiger partial charge in [0.05, 0.1) is 13.0 Å². The fraction of sp³-hybridized carbons (Fsp3) is 0.357. The van der Waals surface area contributed by atoms with E-state index in [1.54, 1.807) is 25.3 Å². The molecule has 2 aliphatic rings. The number of amides is 4. The Morgan fingerprint density at radius 2 is 1.87 bits per heavy atom. The van der Waals surface area contributed by atoms with Crippen LogP contribution in [0.1, 0.15) is 41.2 Å². The molecule has 2 saturated heterocycles. The van der Waals surface area contributed by atoms with Crippen LogP contribution < -0.4 is 21.5 Å². The summed E-state index contributed by atoms with van der Waals surface area (Å²) in [7, 11) is 1.54. The minimum Gasteiger partial charge on any atom is -0.496 e. The highest BCUT2D eigenvalue weighted by Gasteiger charge is 2.62. The van der Waals surface area contributed by atoms with E-state index in [2.05, 4.69) is 10.3 Å². The summed E-state index contributed by atoms with van der Waals surface area (Å²) in [6.07, 6.45) is 0.907. The quantitative estimate of drug-likeness (QED) is 0.357. The van der Waals surface area contributed by atoms with Crippen LogP contribution in [0.15, 0.2) is 54.6 Å². The number of methoxy groups -OCH3 is 1. The molecular weight excluding hydrogens is 486 g/mol. The number of aromatic nitrogens is 1. The molecule has 2 unspecified atom stereocenters. The number of hydrogen-bond acceptors (Lipinski definition) is 5. The number of fused-ring (bicyclic) bond motifs is 1. The molecule has 0 aliphatic carbocycles. The van der Waals surface area contributed by atoms with Crippen molar-refractivity contribution < 1.29 is 23.9 Å². The summed E-state index contributed by atoms with van der Waals surface area (Å²) in [5.74, 6) is -3.99. The highest BCUT2D eigenvalue weighted by atomic mass is 16.5. The lowest BCUT2D eigenvalue weighted by molar-refractivity contribution is -0.141. The summed E-state index contributed by atoms with van der Waals surface area (Å²) in [6, 6.07) is 16.3. The first-order valence-electron chi connectivity index (χ1n) is 12.7. The first kappa shape index (κ1) is 25.3. The van der Waals surface area contributed by atoms with Crippen LogP contribution in [0.4, 0.5) is 0 Å². The fourth-order valence-corrected chi connectivity index (χ4v) is 6.37. The topological polar surface area (TPSA) is 161 Å². The Bertz CT molecular complexity index is 1400. The van der Waals surface area contributed by atoms with Crippen LogP contribution in [0.3, 0.4) is 0 Å². The lowest BCUT2D eigenvalue weighted by Gasteiger charge is -2.44. The average molecular weight is 518 g/mol. The fourth-order valence-electron chi connectivity index (χ4n) is 6.37. The van der Waals surface area contributed by atoms with E-state index < -0.39 is 41.0 Å². The lowest BCUT2D eigenvalue weighted by Crippen LogP contribution is -2.65. The molecule has 4 atom stereocenters. The van der Waals surface area contributed by atoms with Crippen LogP contribution in [0.25, 0.3) is 10.9 Å².